The molecule has 0 radical (unpaired) electrons. The van der Waals surface area contributed by atoms with E-state index >= 15 is 0 Å². The summed E-state index contributed by atoms with van der Waals surface area (Å²) in [5.41, 5.74) is 5.46. The summed E-state index contributed by atoms with van der Waals surface area (Å²) in [6.07, 6.45) is 7.27. The largest absolute Gasteiger partial charge is 0.480 e. The molecule has 0 bridgehead atoms. The van der Waals surface area contributed by atoms with Gasteiger partial charge in [0.25, 0.3) is 0 Å². The van der Waals surface area contributed by atoms with E-state index in [0.717, 1.165) is 32.4 Å². The van der Waals surface area contributed by atoms with Gasteiger partial charge in [-0.25, -0.2) is 0 Å². The molecule has 3 N–H and O–H groups in total. The SMILES string of the molecule is CN(CCC1CCCC1(N)C(=O)O)CC1(N(C)C)CCC1. The second kappa shape index (κ2) is 6.23. The number of carboxylic acids is 1. The van der Waals surface area contributed by atoms with Gasteiger partial charge in [-0.05, 0) is 72.1 Å². The zero-order valence-electron chi connectivity index (χ0n) is 13.8. The van der Waals surface area contributed by atoms with Crippen LogP contribution in [0.1, 0.15) is 44.9 Å². The van der Waals surface area contributed by atoms with Crippen LogP contribution in [-0.4, -0.2) is 66.2 Å². The minimum Gasteiger partial charge on any atom is -0.480 e. The lowest BCUT2D eigenvalue weighted by Gasteiger charge is -2.49. The van der Waals surface area contributed by atoms with Crippen molar-refractivity contribution in [2.24, 2.45) is 11.7 Å². The molecule has 2 aliphatic rings. The van der Waals surface area contributed by atoms with E-state index in [1.807, 2.05) is 0 Å². The summed E-state index contributed by atoms with van der Waals surface area (Å²) in [6.45, 7) is 2.00. The summed E-state index contributed by atoms with van der Waals surface area (Å²) in [5, 5.41) is 9.37. The number of rotatable bonds is 7. The standard InChI is InChI=1S/C16H31N3O2/c1-18(2)15(8-5-9-15)12-19(3)11-7-13-6-4-10-16(13,17)14(20)21/h13H,4-12,17H2,1-3H3,(H,20,21). The van der Waals surface area contributed by atoms with Gasteiger partial charge in [0, 0.05) is 12.1 Å². The van der Waals surface area contributed by atoms with Gasteiger partial charge in [-0.1, -0.05) is 6.42 Å². The Hall–Kier alpha value is -0.650. The van der Waals surface area contributed by atoms with Crippen LogP contribution >= 0.6 is 0 Å². The molecule has 5 heteroatoms. The van der Waals surface area contributed by atoms with Crippen LogP contribution in [0.25, 0.3) is 0 Å². The molecule has 2 saturated carbocycles. The first-order chi connectivity index (χ1) is 9.80. The summed E-state index contributed by atoms with van der Waals surface area (Å²) < 4.78 is 0. The first kappa shape index (κ1) is 16.7. The van der Waals surface area contributed by atoms with Gasteiger partial charge in [0.2, 0.25) is 0 Å². The third kappa shape index (κ3) is 3.25. The summed E-state index contributed by atoms with van der Waals surface area (Å²) in [4.78, 5) is 16.1. The van der Waals surface area contributed by atoms with Crippen LogP contribution in [0.5, 0.6) is 0 Å². The molecule has 0 aromatic heterocycles. The predicted molar refractivity (Wildman–Crippen MR) is 84.3 cm³/mol. The Balaban J connectivity index is 1.84. The zero-order valence-corrected chi connectivity index (χ0v) is 13.8. The lowest BCUT2D eigenvalue weighted by molar-refractivity contribution is -0.144. The van der Waals surface area contributed by atoms with E-state index in [2.05, 4.69) is 30.9 Å². The molecule has 122 valence electrons. The van der Waals surface area contributed by atoms with Gasteiger partial charge in [0.15, 0.2) is 0 Å². The molecule has 2 aliphatic carbocycles. The quantitative estimate of drug-likeness (QED) is 0.743. The van der Waals surface area contributed by atoms with Crippen LogP contribution in [0.4, 0.5) is 0 Å². The van der Waals surface area contributed by atoms with Gasteiger partial charge in [-0.3, -0.25) is 4.79 Å². The summed E-state index contributed by atoms with van der Waals surface area (Å²) in [5.74, 6) is -0.703. The molecular weight excluding hydrogens is 266 g/mol. The van der Waals surface area contributed by atoms with Crippen LogP contribution in [0, 0.1) is 5.92 Å². The molecule has 0 heterocycles. The molecule has 21 heavy (non-hydrogen) atoms. The van der Waals surface area contributed by atoms with Crippen molar-refractivity contribution >= 4 is 5.97 Å². The highest BCUT2D eigenvalue weighted by molar-refractivity contribution is 5.79. The van der Waals surface area contributed by atoms with Crippen molar-refractivity contribution in [2.75, 3.05) is 34.2 Å². The van der Waals surface area contributed by atoms with Crippen molar-refractivity contribution in [3.05, 3.63) is 0 Å². The van der Waals surface area contributed by atoms with Crippen molar-refractivity contribution in [3.8, 4) is 0 Å². The summed E-state index contributed by atoms with van der Waals surface area (Å²) in [7, 11) is 6.48. The monoisotopic (exact) mass is 297 g/mol. The topological polar surface area (TPSA) is 69.8 Å². The Kier molecular flexibility index (Phi) is 4.96. The van der Waals surface area contributed by atoms with Crippen LogP contribution in [0.15, 0.2) is 0 Å². The number of nitrogens with two attached hydrogens (primary N) is 1. The average molecular weight is 297 g/mol. The number of nitrogens with zero attached hydrogens (tertiary/aromatic N) is 2. The lowest BCUT2D eigenvalue weighted by Crippen LogP contribution is -2.57. The van der Waals surface area contributed by atoms with Gasteiger partial charge in [0.05, 0.1) is 0 Å². The molecule has 0 aliphatic heterocycles. The summed E-state index contributed by atoms with van der Waals surface area (Å²) in [6, 6.07) is 0. The molecule has 0 amide bonds. The molecule has 2 rings (SSSR count). The third-order valence-corrected chi connectivity index (χ3v) is 5.93. The van der Waals surface area contributed by atoms with E-state index in [4.69, 9.17) is 5.73 Å². The highest BCUT2D eigenvalue weighted by Gasteiger charge is 2.46. The lowest BCUT2D eigenvalue weighted by atomic mass is 9.75. The van der Waals surface area contributed by atoms with Crippen molar-refractivity contribution < 1.29 is 9.90 Å². The number of aliphatic carboxylic acids is 1. The van der Waals surface area contributed by atoms with Gasteiger partial charge >= 0.3 is 5.97 Å². The van der Waals surface area contributed by atoms with Crippen LogP contribution in [0.3, 0.4) is 0 Å². The van der Waals surface area contributed by atoms with Gasteiger partial charge in [-0.2, -0.15) is 0 Å². The maximum absolute atomic E-state index is 11.4. The van der Waals surface area contributed by atoms with Crippen molar-refractivity contribution in [1.82, 2.24) is 9.80 Å². The number of hydrogen-bond acceptors (Lipinski definition) is 4. The van der Waals surface area contributed by atoms with E-state index in [1.165, 1.54) is 19.3 Å². The minimum absolute atomic E-state index is 0.120. The minimum atomic E-state index is -0.990. The molecule has 5 nitrogen and oxygen atoms in total. The fourth-order valence-corrected chi connectivity index (χ4v) is 4.08. The Morgan fingerprint density at radius 2 is 1.90 bits per heavy atom. The van der Waals surface area contributed by atoms with E-state index in [-0.39, 0.29) is 5.92 Å². The highest BCUT2D eigenvalue weighted by Crippen LogP contribution is 2.38. The Bertz CT molecular complexity index is 382. The molecule has 2 atom stereocenters. The Labute approximate surface area is 128 Å². The maximum atomic E-state index is 11.4. The van der Waals surface area contributed by atoms with E-state index in [1.54, 1.807) is 0 Å². The molecule has 0 saturated heterocycles. The van der Waals surface area contributed by atoms with Crippen LogP contribution in [0.2, 0.25) is 0 Å². The van der Waals surface area contributed by atoms with Gasteiger partial charge in [0.1, 0.15) is 5.54 Å². The Morgan fingerprint density at radius 3 is 2.38 bits per heavy atom. The third-order valence-electron chi connectivity index (χ3n) is 5.93. The predicted octanol–water partition coefficient (Wildman–Crippen LogP) is 1.37. The molecule has 2 fully saturated rings. The first-order valence-corrected chi connectivity index (χ1v) is 8.18. The van der Waals surface area contributed by atoms with E-state index in [9.17, 15) is 9.90 Å². The maximum Gasteiger partial charge on any atom is 0.323 e. The second-order valence-corrected chi connectivity index (χ2v) is 7.43. The van der Waals surface area contributed by atoms with Crippen LogP contribution in [-0.2, 0) is 4.79 Å². The highest BCUT2D eigenvalue weighted by atomic mass is 16.4. The van der Waals surface area contributed by atoms with Crippen LogP contribution < -0.4 is 5.73 Å². The van der Waals surface area contributed by atoms with Gasteiger partial charge in [-0.15, -0.1) is 0 Å². The normalized spacial score (nSPS) is 31.6. The fraction of sp³-hybridized carbons (Fsp3) is 0.938. The van der Waals surface area contributed by atoms with Crippen molar-refractivity contribution in [3.63, 3.8) is 0 Å². The molecular formula is C16H31N3O2. The fourth-order valence-electron chi connectivity index (χ4n) is 4.08. The van der Waals surface area contributed by atoms with Gasteiger partial charge < -0.3 is 20.6 Å². The summed E-state index contributed by atoms with van der Waals surface area (Å²) >= 11 is 0. The number of hydrogen-bond donors (Lipinski definition) is 2. The molecule has 2 unspecified atom stereocenters. The van der Waals surface area contributed by atoms with E-state index < -0.39 is 11.5 Å². The van der Waals surface area contributed by atoms with Crippen molar-refractivity contribution in [1.29, 1.82) is 0 Å². The van der Waals surface area contributed by atoms with E-state index in [0.29, 0.717) is 12.0 Å². The molecule has 0 spiro atoms. The zero-order chi connectivity index (χ0) is 15.7. The number of likely N-dealkylation sites (N-methyl/N-ethyl adjacent to an activating group) is 2. The second-order valence-electron chi connectivity index (χ2n) is 7.43. The average Bonchev–Trinajstić information content (AvgIpc) is 2.73. The number of carbonyl (C=O) groups is 1. The smallest absolute Gasteiger partial charge is 0.323 e. The molecule has 0 aromatic rings. The molecule has 0 aromatic carbocycles. The Morgan fingerprint density at radius 1 is 1.24 bits per heavy atom. The first-order valence-electron chi connectivity index (χ1n) is 8.18. The number of carboxylic acid groups (broad SMARTS) is 1. The van der Waals surface area contributed by atoms with Crippen molar-refractivity contribution in [2.45, 2.75) is 56.0 Å².